The summed E-state index contributed by atoms with van der Waals surface area (Å²) >= 11 is 0. The highest BCUT2D eigenvalue weighted by Gasteiger charge is 2.38. The average molecular weight is 430 g/mol. The van der Waals surface area contributed by atoms with E-state index in [0.717, 1.165) is 12.8 Å². The second-order valence-electron chi connectivity index (χ2n) is 8.20. The number of halogens is 1. The topological polar surface area (TPSA) is 98.9 Å². The van der Waals surface area contributed by atoms with Crippen molar-refractivity contribution in [3.63, 3.8) is 0 Å². The molecule has 0 spiro atoms. The predicted octanol–water partition coefficient (Wildman–Crippen LogP) is 1.66. The maximum atomic E-state index is 13.4. The third kappa shape index (κ3) is 4.77. The van der Waals surface area contributed by atoms with E-state index in [1.165, 1.54) is 18.2 Å². The minimum Gasteiger partial charge on any atom is -0.389 e. The number of rotatable bonds is 4. The van der Waals surface area contributed by atoms with Gasteiger partial charge in [-0.15, -0.1) is 0 Å². The summed E-state index contributed by atoms with van der Waals surface area (Å²) in [6.07, 6.45) is 1.68. The lowest BCUT2D eigenvalue weighted by atomic mass is 9.86. The standard InChI is InChI=1S/C22H27FN4O4/c1-14(28)26-8-10-27(11-9-26)19-7-3-6-17(21(19)29)24-22(30)20-13-18(25-31-20)15-4-2-5-16(23)12-15/h2,4-5,12-13,17,19,21,29H,3,6-11H2,1H3,(H,24,30)/t17-,19-,21-/m1/s1. The van der Waals surface area contributed by atoms with E-state index in [9.17, 15) is 19.1 Å². The number of nitrogens with one attached hydrogen (secondary N) is 1. The molecule has 2 fully saturated rings. The van der Waals surface area contributed by atoms with Gasteiger partial charge in [0.05, 0.1) is 12.1 Å². The van der Waals surface area contributed by atoms with Crippen molar-refractivity contribution in [3.05, 3.63) is 41.9 Å². The first kappa shape index (κ1) is 21.5. The number of nitrogens with zero attached hydrogens (tertiary/aromatic N) is 3. The molecule has 166 valence electrons. The number of amides is 2. The van der Waals surface area contributed by atoms with Crippen molar-refractivity contribution in [1.82, 2.24) is 20.3 Å². The Labute approximate surface area is 180 Å². The zero-order valence-electron chi connectivity index (χ0n) is 17.5. The zero-order valence-corrected chi connectivity index (χ0v) is 17.5. The molecular weight excluding hydrogens is 403 g/mol. The summed E-state index contributed by atoms with van der Waals surface area (Å²) in [5.74, 6) is -0.768. The first-order chi connectivity index (χ1) is 14.9. The highest BCUT2D eigenvalue weighted by molar-refractivity contribution is 5.92. The lowest BCUT2D eigenvalue weighted by molar-refractivity contribution is -0.131. The van der Waals surface area contributed by atoms with Gasteiger partial charge in [0.15, 0.2) is 0 Å². The molecule has 4 rings (SSSR count). The van der Waals surface area contributed by atoms with E-state index in [0.29, 0.717) is 43.9 Å². The molecular formula is C22H27FN4O4. The number of aliphatic hydroxyl groups is 1. The van der Waals surface area contributed by atoms with Crippen molar-refractivity contribution in [2.45, 2.75) is 44.4 Å². The van der Waals surface area contributed by atoms with E-state index in [1.807, 2.05) is 4.90 Å². The van der Waals surface area contributed by atoms with Crippen molar-refractivity contribution in [3.8, 4) is 11.3 Å². The second-order valence-corrected chi connectivity index (χ2v) is 8.20. The van der Waals surface area contributed by atoms with Crippen LogP contribution in [0.2, 0.25) is 0 Å². The Morgan fingerprint density at radius 3 is 2.68 bits per heavy atom. The van der Waals surface area contributed by atoms with Crippen molar-refractivity contribution in [1.29, 1.82) is 0 Å². The molecule has 1 aromatic carbocycles. The molecule has 1 saturated carbocycles. The van der Waals surface area contributed by atoms with Crippen molar-refractivity contribution in [2.24, 2.45) is 0 Å². The van der Waals surface area contributed by atoms with Gasteiger partial charge in [-0.25, -0.2) is 4.39 Å². The Balaban J connectivity index is 1.38. The molecule has 2 heterocycles. The Bertz CT molecular complexity index is 941. The van der Waals surface area contributed by atoms with E-state index in [4.69, 9.17) is 4.52 Å². The van der Waals surface area contributed by atoms with Gasteiger partial charge < -0.3 is 19.8 Å². The summed E-state index contributed by atoms with van der Waals surface area (Å²) in [5.41, 5.74) is 0.889. The fourth-order valence-corrected chi connectivity index (χ4v) is 4.49. The van der Waals surface area contributed by atoms with Crippen LogP contribution >= 0.6 is 0 Å². The van der Waals surface area contributed by atoms with E-state index in [-0.39, 0.29) is 17.7 Å². The minimum atomic E-state index is -0.716. The van der Waals surface area contributed by atoms with Gasteiger partial charge in [0, 0.05) is 50.8 Å². The summed E-state index contributed by atoms with van der Waals surface area (Å²) in [4.78, 5) is 28.2. The number of carbonyl (C=O) groups excluding carboxylic acids is 2. The molecule has 31 heavy (non-hydrogen) atoms. The van der Waals surface area contributed by atoms with E-state index in [1.54, 1.807) is 19.1 Å². The molecule has 0 unspecified atom stereocenters. The fourth-order valence-electron chi connectivity index (χ4n) is 4.49. The van der Waals surface area contributed by atoms with Gasteiger partial charge >= 0.3 is 0 Å². The summed E-state index contributed by atoms with van der Waals surface area (Å²) < 4.78 is 18.6. The molecule has 1 saturated heterocycles. The molecule has 3 atom stereocenters. The van der Waals surface area contributed by atoms with Crippen LogP contribution in [-0.4, -0.2) is 76.2 Å². The molecule has 9 heteroatoms. The maximum absolute atomic E-state index is 13.4. The maximum Gasteiger partial charge on any atom is 0.290 e. The van der Waals surface area contributed by atoms with Gasteiger partial charge in [0.1, 0.15) is 11.5 Å². The fraction of sp³-hybridized carbons (Fsp3) is 0.500. The first-order valence-electron chi connectivity index (χ1n) is 10.6. The van der Waals surface area contributed by atoms with Gasteiger partial charge in [-0.2, -0.15) is 0 Å². The number of aliphatic hydroxyl groups excluding tert-OH is 1. The van der Waals surface area contributed by atoms with Crippen molar-refractivity contribution in [2.75, 3.05) is 26.2 Å². The molecule has 8 nitrogen and oxygen atoms in total. The smallest absolute Gasteiger partial charge is 0.290 e. The Morgan fingerprint density at radius 2 is 1.97 bits per heavy atom. The number of hydrogen-bond donors (Lipinski definition) is 2. The predicted molar refractivity (Wildman–Crippen MR) is 111 cm³/mol. The van der Waals surface area contributed by atoms with Crippen LogP contribution in [-0.2, 0) is 4.79 Å². The molecule has 2 aromatic rings. The van der Waals surface area contributed by atoms with Gasteiger partial charge in [-0.1, -0.05) is 17.3 Å². The third-order valence-electron chi connectivity index (χ3n) is 6.22. The summed E-state index contributed by atoms with van der Waals surface area (Å²) in [7, 11) is 0. The molecule has 0 radical (unpaired) electrons. The summed E-state index contributed by atoms with van der Waals surface area (Å²) in [6.45, 7) is 4.29. The molecule has 1 aliphatic heterocycles. The van der Waals surface area contributed by atoms with Crippen LogP contribution in [0.25, 0.3) is 11.3 Å². The first-order valence-corrected chi connectivity index (χ1v) is 10.6. The van der Waals surface area contributed by atoms with Crippen LogP contribution in [0.1, 0.15) is 36.7 Å². The number of carbonyl (C=O) groups is 2. The number of hydrogen-bond acceptors (Lipinski definition) is 6. The number of piperazine rings is 1. The van der Waals surface area contributed by atoms with E-state index >= 15 is 0 Å². The van der Waals surface area contributed by atoms with Crippen LogP contribution in [0.5, 0.6) is 0 Å². The van der Waals surface area contributed by atoms with Crippen molar-refractivity contribution >= 4 is 11.8 Å². The van der Waals surface area contributed by atoms with Gasteiger partial charge in [-0.05, 0) is 31.4 Å². The van der Waals surface area contributed by atoms with E-state index in [2.05, 4.69) is 15.4 Å². The largest absolute Gasteiger partial charge is 0.389 e. The number of benzene rings is 1. The SMILES string of the molecule is CC(=O)N1CCN([C@@H]2CCC[C@@H](NC(=O)c3cc(-c4cccc(F)c4)no3)[C@H]2O)CC1. The van der Waals surface area contributed by atoms with Crippen LogP contribution in [0.4, 0.5) is 4.39 Å². The lowest BCUT2D eigenvalue weighted by Gasteiger charge is -2.44. The molecule has 1 aromatic heterocycles. The Hall–Kier alpha value is -2.78. The normalized spacial score (nSPS) is 24.7. The van der Waals surface area contributed by atoms with Gasteiger partial charge in [0.2, 0.25) is 11.7 Å². The quantitative estimate of drug-likeness (QED) is 0.766. The highest BCUT2D eigenvalue weighted by atomic mass is 19.1. The van der Waals surface area contributed by atoms with Crippen LogP contribution in [0.3, 0.4) is 0 Å². The molecule has 2 N–H and O–H groups in total. The minimum absolute atomic E-state index is 0.0173. The molecule has 0 bridgehead atoms. The van der Waals surface area contributed by atoms with Crippen molar-refractivity contribution < 1.29 is 23.6 Å². The monoisotopic (exact) mass is 430 g/mol. The lowest BCUT2D eigenvalue weighted by Crippen LogP contribution is -2.60. The van der Waals surface area contributed by atoms with Gasteiger partial charge in [0.25, 0.3) is 5.91 Å². The van der Waals surface area contributed by atoms with Crippen LogP contribution in [0, 0.1) is 5.82 Å². The second kappa shape index (κ2) is 9.15. The highest BCUT2D eigenvalue weighted by Crippen LogP contribution is 2.26. The van der Waals surface area contributed by atoms with E-state index < -0.39 is 23.9 Å². The average Bonchev–Trinajstić information content (AvgIpc) is 3.26. The third-order valence-corrected chi connectivity index (χ3v) is 6.22. The Kier molecular flexibility index (Phi) is 6.33. The zero-order chi connectivity index (χ0) is 22.0. The van der Waals surface area contributed by atoms with Gasteiger partial charge in [-0.3, -0.25) is 14.5 Å². The molecule has 2 aliphatic rings. The Morgan fingerprint density at radius 1 is 1.19 bits per heavy atom. The molecule has 1 aliphatic carbocycles. The number of aromatic nitrogens is 1. The summed E-state index contributed by atoms with van der Waals surface area (Å²) in [6, 6.07) is 6.90. The van der Waals surface area contributed by atoms with Crippen LogP contribution < -0.4 is 5.32 Å². The summed E-state index contributed by atoms with van der Waals surface area (Å²) in [5, 5.41) is 17.7. The molecule has 2 amide bonds. The van der Waals surface area contributed by atoms with Crippen LogP contribution in [0.15, 0.2) is 34.9 Å².